The second-order valence-electron chi connectivity index (χ2n) is 6.64. The molecule has 6 heteroatoms. The summed E-state index contributed by atoms with van der Waals surface area (Å²) in [4.78, 5) is 24.7. The number of rotatable bonds is 5. The zero-order valence-corrected chi connectivity index (χ0v) is 15.5. The normalized spacial score (nSPS) is 20.9. The molecule has 0 radical (unpaired) electrons. The number of thioether (sulfide) groups is 1. The lowest BCUT2D eigenvalue weighted by Crippen LogP contribution is -2.64. The van der Waals surface area contributed by atoms with E-state index >= 15 is 0 Å². The molecule has 1 N–H and O–H groups in total. The van der Waals surface area contributed by atoms with Crippen molar-refractivity contribution in [1.29, 1.82) is 0 Å². The molecule has 2 amide bonds. The molecular weight excluding hydrogens is 328 g/mol. The smallest absolute Gasteiger partial charge is 0.252 e. The monoisotopic (exact) mass is 350 g/mol. The lowest BCUT2D eigenvalue weighted by atomic mass is 9.91. The fourth-order valence-electron chi connectivity index (χ4n) is 2.27. The number of hydrogen-bond donors (Lipinski definition) is 1. The Morgan fingerprint density at radius 3 is 2.43 bits per heavy atom. The molecule has 0 aromatic heterocycles. The number of amides is 2. The van der Waals surface area contributed by atoms with Crippen LogP contribution in [0.3, 0.4) is 0 Å². The van der Waals surface area contributed by atoms with Gasteiger partial charge in [-0.25, -0.2) is 5.01 Å². The highest BCUT2D eigenvalue weighted by Gasteiger charge is 2.49. The van der Waals surface area contributed by atoms with Gasteiger partial charge in [-0.05, 0) is 11.0 Å². The fourth-order valence-corrected chi connectivity index (χ4v) is 4.00. The Morgan fingerprint density at radius 2 is 1.91 bits per heavy atom. The summed E-state index contributed by atoms with van der Waals surface area (Å²) in [6.07, 6.45) is 0. The third-order valence-electron chi connectivity index (χ3n) is 3.70. The minimum absolute atomic E-state index is 0.0445. The van der Waals surface area contributed by atoms with Gasteiger partial charge < -0.3 is 0 Å². The van der Waals surface area contributed by atoms with Crippen LogP contribution in [-0.2, 0) is 9.59 Å². The van der Waals surface area contributed by atoms with Gasteiger partial charge in [0.05, 0.1) is 5.92 Å². The molecule has 4 nitrogen and oxygen atoms in total. The van der Waals surface area contributed by atoms with Gasteiger partial charge in [0.15, 0.2) is 0 Å². The van der Waals surface area contributed by atoms with Crippen LogP contribution in [0, 0.1) is 5.41 Å². The molecule has 1 saturated heterocycles. The first kappa shape index (κ1) is 17.9. The van der Waals surface area contributed by atoms with Gasteiger partial charge in [-0.3, -0.25) is 15.0 Å². The van der Waals surface area contributed by atoms with Gasteiger partial charge in [-0.2, -0.15) is 0 Å². The highest BCUT2D eigenvalue weighted by atomic mass is 32.2. The van der Waals surface area contributed by atoms with E-state index in [9.17, 15) is 9.59 Å². The molecule has 1 aromatic rings. The second-order valence-corrected chi connectivity index (χ2v) is 8.24. The van der Waals surface area contributed by atoms with E-state index in [0.717, 1.165) is 10.4 Å². The predicted molar refractivity (Wildman–Crippen MR) is 98.1 cm³/mol. The number of hydrazine groups is 1. The molecule has 23 heavy (non-hydrogen) atoms. The minimum Gasteiger partial charge on any atom is -0.274 e. The number of carbonyl (C=O) groups excluding carboxylic acids is 2. The van der Waals surface area contributed by atoms with Crippen LogP contribution in [0.5, 0.6) is 0 Å². The summed E-state index contributed by atoms with van der Waals surface area (Å²) in [5, 5.41) is 1.30. The van der Waals surface area contributed by atoms with E-state index in [1.807, 2.05) is 30.3 Å². The van der Waals surface area contributed by atoms with E-state index in [2.05, 4.69) is 26.2 Å². The van der Waals surface area contributed by atoms with Crippen molar-refractivity contribution < 1.29 is 9.59 Å². The van der Waals surface area contributed by atoms with Crippen molar-refractivity contribution in [3.05, 3.63) is 35.9 Å². The number of β-lactam (4-membered cyclic amide) rings is 1. The quantitative estimate of drug-likeness (QED) is 0.655. The third-order valence-corrected chi connectivity index (χ3v) is 5.92. The molecule has 2 unspecified atom stereocenters. The Labute approximate surface area is 147 Å². The van der Waals surface area contributed by atoms with Crippen LogP contribution in [0.1, 0.15) is 39.2 Å². The molecule has 2 rings (SSSR count). The van der Waals surface area contributed by atoms with Crippen molar-refractivity contribution in [3.63, 3.8) is 0 Å². The second kappa shape index (κ2) is 7.01. The maximum atomic E-state index is 12.4. The number of carbonyl (C=O) groups is 2. The first-order chi connectivity index (χ1) is 10.7. The maximum Gasteiger partial charge on any atom is 0.252 e. The summed E-state index contributed by atoms with van der Waals surface area (Å²) >= 11 is 7.09. The van der Waals surface area contributed by atoms with Crippen molar-refractivity contribution in [2.75, 3.05) is 5.75 Å². The number of thiocarbonyl (C=S) groups is 1. The van der Waals surface area contributed by atoms with Crippen LogP contribution in [0.15, 0.2) is 30.3 Å². The SMILES string of the molecule is CC(=O)NN1C(=O)C(c2ccccc2)C1SCC(=S)C(C)(C)C. The van der Waals surface area contributed by atoms with Crippen molar-refractivity contribution in [2.45, 2.75) is 39.0 Å². The van der Waals surface area contributed by atoms with E-state index in [-0.39, 0.29) is 28.5 Å². The Bertz CT molecular complexity index is 611. The lowest BCUT2D eigenvalue weighted by molar-refractivity contribution is -0.154. The molecule has 1 aliphatic rings. The first-order valence-electron chi connectivity index (χ1n) is 7.52. The molecule has 0 saturated carbocycles. The van der Waals surface area contributed by atoms with Gasteiger partial charge in [0.1, 0.15) is 5.37 Å². The minimum atomic E-state index is -0.242. The fraction of sp³-hybridized carbons (Fsp3) is 0.471. The number of benzene rings is 1. The van der Waals surface area contributed by atoms with Gasteiger partial charge in [0.25, 0.3) is 5.91 Å². The van der Waals surface area contributed by atoms with Crippen LogP contribution in [0.2, 0.25) is 0 Å². The Hall–Kier alpha value is -1.40. The van der Waals surface area contributed by atoms with Crippen molar-refractivity contribution in [1.82, 2.24) is 10.4 Å². The molecule has 0 spiro atoms. The van der Waals surface area contributed by atoms with E-state index in [4.69, 9.17) is 12.2 Å². The summed E-state index contributed by atoms with van der Waals surface area (Å²) in [6.45, 7) is 7.66. The summed E-state index contributed by atoms with van der Waals surface area (Å²) in [5.41, 5.74) is 3.55. The summed E-state index contributed by atoms with van der Waals surface area (Å²) in [6, 6.07) is 9.66. The molecule has 124 valence electrons. The van der Waals surface area contributed by atoms with E-state index in [0.29, 0.717) is 5.75 Å². The van der Waals surface area contributed by atoms with Crippen LogP contribution in [-0.4, -0.2) is 32.8 Å². The topological polar surface area (TPSA) is 49.4 Å². The zero-order valence-electron chi connectivity index (χ0n) is 13.8. The maximum absolute atomic E-state index is 12.4. The summed E-state index contributed by atoms with van der Waals surface area (Å²) in [5.74, 6) is 0.117. The number of hydrogen-bond acceptors (Lipinski definition) is 4. The molecular formula is C17H22N2O2S2. The van der Waals surface area contributed by atoms with Gasteiger partial charge >= 0.3 is 0 Å². The molecule has 0 aliphatic carbocycles. The Morgan fingerprint density at radius 1 is 1.30 bits per heavy atom. The molecule has 1 aliphatic heterocycles. The van der Waals surface area contributed by atoms with Gasteiger partial charge in [-0.1, -0.05) is 63.3 Å². The molecule has 1 aromatic carbocycles. The van der Waals surface area contributed by atoms with E-state index in [1.165, 1.54) is 11.9 Å². The Kier molecular flexibility index (Phi) is 5.47. The molecule has 2 atom stereocenters. The predicted octanol–water partition coefficient (Wildman–Crippen LogP) is 3.14. The lowest BCUT2D eigenvalue weighted by Gasteiger charge is -2.46. The van der Waals surface area contributed by atoms with Gasteiger partial charge in [-0.15, -0.1) is 11.8 Å². The van der Waals surface area contributed by atoms with Gasteiger partial charge in [0.2, 0.25) is 5.91 Å². The van der Waals surface area contributed by atoms with Crippen LogP contribution < -0.4 is 5.43 Å². The zero-order chi connectivity index (χ0) is 17.2. The largest absolute Gasteiger partial charge is 0.274 e. The van der Waals surface area contributed by atoms with Crippen LogP contribution in [0.4, 0.5) is 0 Å². The van der Waals surface area contributed by atoms with Crippen molar-refractivity contribution in [2.24, 2.45) is 5.41 Å². The van der Waals surface area contributed by atoms with Crippen molar-refractivity contribution >= 4 is 40.7 Å². The van der Waals surface area contributed by atoms with E-state index < -0.39 is 0 Å². The number of nitrogens with one attached hydrogen (secondary N) is 1. The highest BCUT2D eigenvalue weighted by Crippen LogP contribution is 2.41. The third kappa shape index (κ3) is 4.12. The van der Waals surface area contributed by atoms with Crippen molar-refractivity contribution in [3.8, 4) is 0 Å². The Balaban J connectivity index is 2.13. The van der Waals surface area contributed by atoms with Gasteiger partial charge in [0, 0.05) is 17.5 Å². The molecule has 1 heterocycles. The highest BCUT2D eigenvalue weighted by molar-refractivity contribution is 8.01. The summed E-state index contributed by atoms with van der Waals surface area (Å²) in [7, 11) is 0. The average Bonchev–Trinajstić information content (AvgIpc) is 2.48. The van der Waals surface area contributed by atoms with Crippen LogP contribution >= 0.6 is 24.0 Å². The summed E-state index contributed by atoms with van der Waals surface area (Å²) < 4.78 is 0. The standard InChI is InChI=1S/C17H22N2O2S2/c1-11(20)18-19-15(21)14(12-8-6-5-7-9-12)16(19)23-10-13(22)17(2,3)4/h5-9,14,16H,10H2,1-4H3,(H,18,20). The average molecular weight is 351 g/mol. The number of nitrogens with zero attached hydrogens (tertiary/aromatic N) is 1. The van der Waals surface area contributed by atoms with E-state index in [1.54, 1.807) is 11.8 Å². The first-order valence-corrected chi connectivity index (χ1v) is 8.97. The molecule has 0 bridgehead atoms. The van der Waals surface area contributed by atoms with Crippen LogP contribution in [0.25, 0.3) is 0 Å². The molecule has 1 fully saturated rings.